The summed E-state index contributed by atoms with van der Waals surface area (Å²) < 4.78 is 24.1. The molecule has 0 aliphatic heterocycles. The molecule has 9 heteroatoms. The quantitative estimate of drug-likeness (QED) is 0.605. The number of hydrogen-bond donors (Lipinski definition) is 3. The number of nitrogens with one attached hydrogen (secondary N) is 2. The molecule has 0 saturated heterocycles. The molecule has 1 atom stereocenters. The summed E-state index contributed by atoms with van der Waals surface area (Å²) in [4.78, 5) is 23.4. The van der Waals surface area contributed by atoms with E-state index in [0.717, 1.165) is 0 Å². The zero-order valence-electron chi connectivity index (χ0n) is 13.6. The molecule has 0 aliphatic rings. The van der Waals surface area contributed by atoms with Gasteiger partial charge in [0, 0.05) is 11.6 Å². The van der Waals surface area contributed by atoms with Crippen LogP contribution in [0, 0.1) is 5.92 Å². The Morgan fingerprint density at radius 2 is 1.75 bits per heavy atom. The molecule has 0 aromatic heterocycles. The number of halogens is 1. The first kappa shape index (κ1) is 20.4. The van der Waals surface area contributed by atoms with Gasteiger partial charge >= 0.3 is 0 Å². The average Bonchev–Trinajstić information content (AvgIpc) is 2.52. The number of nitrogens with two attached hydrogens (primary N) is 1. The first-order valence-corrected chi connectivity index (χ1v) is 9.45. The van der Waals surface area contributed by atoms with Crippen molar-refractivity contribution in [2.75, 3.05) is 18.8 Å². The van der Waals surface area contributed by atoms with E-state index in [-0.39, 0.29) is 29.7 Å². The Kier molecular flexibility index (Phi) is 7.65. The highest BCUT2D eigenvalue weighted by Gasteiger charge is 2.18. The summed E-state index contributed by atoms with van der Waals surface area (Å²) >= 11 is 5.71. The smallest absolute Gasteiger partial charge is 0.239 e. The van der Waals surface area contributed by atoms with E-state index in [0.29, 0.717) is 5.02 Å². The van der Waals surface area contributed by atoms with Crippen LogP contribution in [0.25, 0.3) is 0 Å². The van der Waals surface area contributed by atoms with E-state index in [4.69, 9.17) is 17.3 Å². The lowest BCUT2D eigenvalue weighted by Gasteiger charge is -2.15. The van der Waals surface area contributed by atoms with Gasteiger partial charge in [-0.3, -0.25) is 9.59 Å². The Hall–Kier alpha value is -1.64. The van der Waals surface area contributed by atoms with Crippen molar-refractivity contribution in [2.45, 2.75) is 24.8 Å². The van der Waals surface area contributed by atoms with Crippen LogP contribution in [0.1, 0.15) is 13.8 Å². The maximum atomic E-state index is 12.1. The Labute approximate surface area is 146 Å². The molecule has 0 heterocycles. The maximum Gasteiger partial charge on any atom is 0.239 e. The predicted molar refractivity (Wildman–Crippen MR) is 92.3 cm³/mol. The minimum atomic E-state index is -3.51. The standard InChI is InChI=1S/C15H22ClN3O4S/c1-10(2)14(17)15(21)19-9-13(20)18-7-8-24(22,23)12-5-3-11(16)4-6-12/h3-6,10,14H,7-9,17H2,1-2H3,(H,18,20)(H,19,21)/t14-/m0/s1. The number of amides is 2. The molecule has 2 amide bonds. The van der Waals surface area contributed by atoms with Crippen LogP contribution in [-0.4, -0.2) is 45.1 Å². The van der Waals surface area contributed by atoms with Gasteiger partial charge in [-0.05, 0) is 30.2 Å². The fourth-order valence-electron chi connectivity index (χ4n) is 1.74. The molecule has 4 N–H and O–H groups in total. The molecule has 1 aromatic carbocycles. The third-order valence-corrected chi connectivity index (χ3v) is 5.29. The van der Waals surface area contributed by atoms with Gasteiger partial charge in [0.05, 0.1) is 23.2 Å². The van der Waals surface area contributed by atoms with Crippen molar-refractivity contribution in [3.05, 3.63) is 29.3 Å². The lowest BCUT2D eigenvalue weighted by Crippen LogP contribution is -2.47. The van der Waals surface area contributed by atoms with Gasteiger partial charge in [0.2, 0.25) is 11.8 Å². The summed E-state index contributed by atoms with van der Waals surface area (Å²) in [6, 6.07) is 5.10. The lowest BCUT2D eigenvalue weighted by molar-refractivity contribution is -0.127. The summed E-state index contributed by atoms with van der Waals surface area (Å²) in [5, 5.41) is 5.29. The van der Waals surface area contributed by atoms with Crippen LogP contribution >= 0.6 is 11.6 Å². The first-order valence-electron chi connectivity index (χ1n) is 7.42. The highest BCUT2D eigenvalue weighted by Crippen LogP contribution is 2.14. The molecular weight excluding hydrogens is 354 g/mol. The van der Waals surface area contributed by atoms with E-state index in [1.807, 2.05) is 0 Å². The van der Waals surface area contributed by atoms with E-state index < -0.39 is 27.7 Å². The number of benzene rings is 1. The van der Waals surface area contributed by atoms with Crippen LogP contribution in [0.4, 0.5) is 0 Å². The fourth-order valence-corrected chi connectivity index (χ4v) is 3.02. The minimum Gasteiger partial charge on any atom is -0.354 e. The minimum absolute atomic E-state index is 0.0439. The molecule has 0 radical (unpaired) electrons. The van der Waals surface area contributed by atoms with Gasteiger partial charge in [-0.25, -0.2) is 8.42 Å². The third kappa shape index (κ3) is 6.46. The van der Waals surface area contributed by atoms with Crippen molar-refractivity contribution in [1.82, 2.24) is 10.6 Å². The molecule has 1 aromatic rings. The Bertz CT molecular complexity index is 674. The van der Waals surface area contributed by atoms with Crippen molar-refractivity contribution in [3.63, 3.8) is 0 Å². The van der Waals surface area contributed by atoms with Crippen molar-refractivity contribution in [1.29, 1.82) is 0 Å². The van der Waals surface area contributed by atoms with Crippen LogP contribution < -0.4 is 16.4 Å². The SMILES string of the molecule is CC(C)[C@H](N)C(=O)NCC(=O)NCCS(=O)(=O)c1ccc(Cl)cc1. The fraction of sp³-hybridized carbons (Fsp3) is 0.467. The van der Waals surface area contributed by atoms with Crippen LogP contribution in [0.15, 0.2) is 29.2 Å². The maximum absolute atomic E-state index is 12.1. The molecule has 0 saturated carbocycles. The van der Waals surface area contributed by atoms with E-state index in [1.54, 1.807) is 13.8 Å². The topological polar surface area (TPSA) is 118 Å². The van der Waals surface area contributed by atoms with Gasteiger partial charge in [-0.2, -0.15) is 0 Å². The number of hydrogen-bond acceptors (Lipinski definition) is 5. The monoisotopic (exact) mass is 375 g/mol. The zero-order chi connectivity index (χ0) is 18.3. The first-order chi connectivity index (χ1) is 11.1. The van der Waals surface area contributed by atoms with E-state index in [9.17, 15) is 18.0 Å². The van der Waals surface area contributed by atoms with Gasteiger partial charge in [0.1, 0.15) is 0 Å². The largest absolute Gasteiger partial charge is 0.354 e. The molecule has 0 fully saturated rings. The van der Waals surface area contributed by atoms with Gasteiger partial charge < -0.3 is 16.4 Å². The van der Waals surface area contributed by atoms with Crippen molar-refractivity contribution in [2.24, 2.45) is 11.7 Å². The third-order valence-electron chi connectivity index (χ3n) is 3.31. The second-order valence-electron chi connectivity index (χ2n) is 5.61. The molecule has 0 unspecified atom stereocenters. The molecular formula is C15H22ClN3O4S. The average molecular weight is 376 g/mol. The highest BCUT2D eigenvalue weighted by molar-refractivity contribution is 7.91. The van der Waals surface area contributed by atoms with E-state index >= 15 is 0 Å². The van der Waals surface area contributed by atoms with Crippen LogP contribution in [0.2, 0.25) is 5.02 Å². The summed E-state index contributed by atoms with van der Waals surface area (Å²) in [6.07, 6.45) is 0. The van der Waals surface area contributed by atoms with Gasteiger partial charge in [0.15, 0.2) is 9.84 Å². The van der Waals surface area contributed by atoms with Gasteiger partial charge in [0.25, 0.3) is 0 Å². The number of rotatable bonds is 8. The van der Waals surface area contributed by atoms with E-state index in [1.165, 1.54) is 24.3 Å². The second kappa shape index (κ2) is 9.00. The summed E-state index contributed by atoms with van der Waals surface area (Å²) in [6.45, 7) is 3.29. The molecule has 24 heavy (non-hydrogen) atoms. The Morgan fingerprint density at radius 1 is 1.17 bits per heavy atom. The van der Waals surface area contributed by atoms with Crippen LogP contribution in [0.5, 0.6) is 0 Å². The van der Waals surface area contributed by atoms with Crippen LogP contribution in [0.3, 0.4) is 0 Å². The van der Waals surface area contributed by atoms with Gasteiger partial charge in [-0.15, -0.1) is 0 Å². The molecule has 0 aliphatic carbocycles. The van der Waals surface area contributed by atoms with Crippen molar-refractivity contribution in [3.8, 4) is 0 Å². The molecule has 0 spiro atoms. The van der Waals surface area contributed by atoms with E-state index in [2.05, 4.69) is 10.6 Å². The molecule has 1 rings (SSSR count). The van der Waals surface area contributed by atoms with Crippen molar-refractivity contribution < 1.29 is 18.0 Å². The van der Waals surface area contributed by atoms with Crippen molar-refractivity contribution >= 4 is 33.3 Å². The lowest BCUT2D eigenvalue weighted by atomic mass is 10.1. The highest BCUT2D eigenvalue weighted by atomic mass is 35.5. The Balaban J connectivity index is 2.40. The molecule has 0 bridgehead atoms. The Morgan fingerprint density at radius 3 is 2.29 bits per heavy atom. The predicted octanol–water partition coefficient (Wildman–Crippen LogP) is 0.329. The van der Waals surface area contributed by atoms with Crippen LogP contribution in [-0.2, 0) is 19.4 Å². The number of carbonyl (C=O) groups excluding carboxylic acids is 2. The summed E-state index contributed by atoms with van der Waals surface area (Å²) in [5.41, 5.74) is 5.65. The summed E-state index contributed by atoms with van der Waals surface area (Å²) in [5.74, 6) is -1.20. The number of carbonyl (C=O) groups is 2. The zero-order valence-corrected chi connectivity index (χ0v) is 15.2. The summed E-state index contributed by atoms with van der Waals surface area (Å²) in [7, 11) is -3.51. The van der Waals surface area contributed by atoms with Gasteiger partial charge in [-0.1, -0.05) is 25.4 Å². The second-order valence-corrected chi connectivity index (χ2v) is 8.16. The number of sulfone groups is 1. The molecule has 134 valence electrons. The normalized spacial score (nSPS) is 12.7. The molecule has 7 nitrogen and oxygen atoms in total.